The Bertz CT molecular complexity index is 572. The van der Waals surface area contributed by atoms with E-state index in [0.29, 0.717) is 33.1 Å². The van der Waals surface area contributed by atoms with E-state index in [2.05, 4.69) is 0 Å². The number of nitrogen functional groups attached to an aromatic ring is 1. The first-order valence-corrected chi connectivity index (χ1v) is 6.31. The molecule has 0 aromatic heterocycles. The lowest BCUT2D eigenvalue weighted by Gasteiger charge is -2.09. The van der Waals surface area contributed by atoms with Crippen molar-refractivity contribution >= 4 is 40.5 Å². The molecule has 2 aromatic rings. The van der Waals surface area contributed by atoms with Gasteiger partial charge >= 0.3 is 0 Å². The Morgan fingerprint density at radius 2 is 1.72 bits per heavy atom. The zero-order valence-corrected chi connectivity index (χ0v) is 11.6. The molecule has 94 valence electrons. The molecule has 18 heavy (non-hydrogen) atoms. The SMILES string of the molecule is Nc1cc(OCc2ccc(Cl)cc2Cl)ccc1Cl. The maximum absolute atomic E-state index is 6.04. The van der Waals surface area contributed by atoms with Crippen LogP contribution in [0.5, 0.6) is 5.75 Å². The van der Waals surface area contributed by atoms with Gasteiger partial charge in [0.15, 0.2) is 0 Å². The van der Waals surface area contributed by atoms with Gasteiger partial charge in [0.25, 0.3) is 0 Å². The molecule has 0 fully saturated rings. The highest BCUT2D eigenvalue weighted by molar-refractivity contribution is 6.35. The number of halogens is 3. The Labute approximate surface area is 120 Å². The third-order valence-corrected chi connectivity index (χ3v) is 3.31. The Kier molecular flexibility index (Phi) is 4.23. The number of nitrogens with two attached hydrogens (primary N) is 1. The van der Waals surface area contributed by atoms with Crippen LogP contribution in [0.4, 0.5) is 5.69 Å². The second kappa shape index (κ2) is 5.70. The van der Waals surface area contributed by atoms with Crippen molar-refractivity contribution in [2.45, 2.75) is 6.61 Å². The summed E-state index contributed by atoms with van der Waals surface area (Å²) < 4.78 is 5.58. The molecule has 0 aliphatic heterocycles. The topological polar surface area (TPSA) is 35.2 Å². The maximum Gasteiger partial charge on any atom is 0.121 e. The van der Waals surface area contributed by atoms with Gasteiger partial charge in [-0.15, -0.1) is 0 Å². The summed E-state index contributed by atoms with van der Waals surface area (Å²) in [5.41, 5.74) is 7.02. The van der Waals surface area contributed by atoms with Crippen molar-refractivity contribution < 1.29 is 4.74 Å². The van der Waals surface area contributed by atoms with Crippen molar-refractivity contribution in [1.82, 2.24) is 0 Å². The quantitative estimate of drug-likeness (QED) is 0.826. The summed E-state index contributed by atoms with van der Waals surface area (Å²) in [5, 5.41) is 1.68. The number of ether oxygens (including phenoxy) is 1. The van der Waals surface area contributed by atoms with Crippen molar-refractivity contribution in [2.75, 3.05) is 5.73 Å². The van der Waals surface area contributed by atoms with Crippen molar-refractivity contribution in [3.8, 4) is 5.75 Å². The predicted molar refractivity (Wildman–Crippen MR) is 76.7 cm³/mol. The summed E-state index contributed by atoms with van der Waals surface area (Å²) >= 11 is 17.7. The van der Waals surface area contributed by atoms with Crippen LogP contribution >= 0.6 is 34.8 Å². The second-order valence-electron chi connectivity index (χ2n) is 3.71. The summed E-state index contributed by atoms with van der Waals surface area (Å²) in [5.74, 6) is 0.642. The third kappa shape index (κ3) is 3.22. The maximum atomic E-state index is 6.04. The molecular formula is C13H10Cl3NO. The van der Waals surface area contributed by atoms with Crippen LogP contribution in [0.1, 0.15) is 5.56 Å². The van der Waals surface area contributed by atoms with E-state index in [1.54, 1.807) is 30.3 Å². The molecule has 2 nitrogen and oxygen atoms in total. The fourth-order valence-electron chi connectivity index (χ4n) is 1.41. The largest absolute Gasteiger partial charge is 0.489 e. The monoisotopic (exact) mass is 301 g/mol. The van der Waals surface area contributed by atoms with Crippen LogP contribution in [0.15, 0.2) is 36.4 Å². The minimum Gasteiger partial charge on any atom is -0.489 e. The van der Waals surface area contributed by atoms with Gasteiger partial charge in [0.2, 0.25) is 0 Å². The fraction of sp³-hybridized carbons (Fsp3) is 0.0769. The van der Waals surface area contributed by atoms with Gasteiger partial charge in [-0.1, -0.05) is 40.9 Å². The molecule has 0 aliphatic rings. The molecule has 0 saturated carbocycles. The van der Waals surface area contributed by atoms with Gasteiger partial charge in [0.05, 0.1) is 10.7 Å². The summed E-state index contributed by atoms with van der Waals surface area (Å²) in [6.45, 7) is 0.344. The molecule has 0 atom stereocenters. The Morgan fingerprint density at radius 1 is 0.944 bits per heavy atom. The van der Waals surface area contributed by atoms with Gasteiger partial charge < -0.3 is 10.5 Å². The minimum absolute atomic E-state index is 0.344. The first-order chi connectivity index (χ1) is 8.56. The molecule has 0 radical (unpaired) electrons. The molecule has 2 aromatic carbocycles. The van der Waals surface area contributed by atoms with E-state index >= 15 is 0 Å². The van der Waals surface area contributed by atoms with E-state index in [0.717, 1.165) is 5.56 Å². The lowest BCUT2D eigenvalue weighted by atomic mass is 10.2. The second-order valence-corrected chi connectivity index (χ2v) is 4.96. The summed E-state index contributed by atoms with van der Waals surface area (Å²) in [4.78, 5) is 0. The molecule has 0 spiro atoms. The zero-order valence-electron chi connectivity index (χ0n) is 9.29. The van der Waals surface area contributed by atoms with E-state index in [9.17, 15) is 0 Å². The average molecular weight is 303 g/mol. The average Bonchev–Trinajstić information content (AvgIpc) is 2.32. The van der Waals surface area contributed by atoms with Crippen molar-refractivity contribution in [3.05, 3.63) is 57.0 Å². The Balaban J connectivity index is 2.09. The minimum atomic E-state index is 0.344. The van der Waals surface area contributed by atoms with Crippen LogP contribution in [-0.2, 0) is 6.61 Å². The number of hydrogen-bond acceptors (Lipinski definition) is 2. The zero-order chi connectivity index (χ0) is 13.1. The molecule has 0 heterocycles. The van der Waals surface area contributed by atoms with Crippen LogP contribution in [0.25, 0.3) is 0 Å². The first kappa shape index (κ1) is 13.3. The lowest BCUT2D eigenvalue weighted by Crippen LogP contribution is -1.97. The molecule has 0 bridgehead atoms. The van der Waals surface area contributed by atoms with Crippen molar-refractivity contribution in [3.63, 3.8) is 0 Å². The van der Waals surface area contributed by atoms with Crippen LogP contribution in [0.3, 0.4) is 0 Å². The van der Waals surface area contributed by atoms with E-state index < -0.39 is 0 Å². The van der Waals surface area contributed by atoms with Crippen LogP contribution in [0, 0.1) is 0 Å². The van der Waals surface area contributed by atoms with Gasteiger partial charge in [-0.05, 0) is 24.3 Å². The highest BCUT2D eigenvalue weighted by Crippen LogP contribution is 2.26. The van der Waals surface area contributed by atoms with Gasteiger partial charge in [0.1, 0.15) is 12.4 Å². The van der Waals surface area contributed by atoms with Gasteiger partial charge in [-0.3, -0.25) is 0 Å². The first-order valence-electron chi connectivity index (χ1n) is 5.18. The summed E-state index contributed by atoms with van der Waals surface area (Å²) in [6.07, 6.45) is 0. The van der Waals surface area contributed by atoms with E-state index in [-0.39, 0.29) is 0 Å². The van der Waals surface area contributed by atoms with Crippen LogP contribution in [0.2, 0.25) is 15.1 Å². The number of anilines is 1. The molecule has 0 saturated heterocycles. The summed E-state index contributed by atoms with van der Waals surface area (Å²) in [6, 6.07) is 10.4. The van der Waals surface area contributed by atoms with E-state index in [4.69, 9.17) is 45.3 Å². The molecule has 0 amide bonds. The number of benzene rings is 2. The Hall–Kier alpha value is -1.09. The molecule has 5 heteroatoms. The van der Waals surface area contributed by atoms with Crippen molar-refractivity contribution in [2.24, 2.45) is 0 Å². The van der Waals surface area contributed by atoms with Gasteiger partial charge in [0, 0.05) is 21.7 Å². The highest BCUT2D eigenvalue weighted by atomic mass is 35.5. The predicted octanol–water partition coefficient (Wildman–Crippen LogP) is 4.81. The number of rotatable bonds is 3. The normalized spacial score (nSPS) is 10.4. The molecule has 0 aliphatic carbocycles. The van der Waals surface area contributed by atoms with Gasteiger partial charge in [-0.25, -0.2) is 0 Å². The Morgan fingerprint density at radius 3 is 2.39 bits per heavy atom. The van der Waals surface area contributed by atoms with Crippen LogP contribution < -0.4 is 10.5 Å². The molecule has 2 rings (SSSR count). The third-order valence-electron chi connectivity index (χ3n) is 2.38. The standard InChI is InChI=1S/C13H10Cl3NO/c14-9-2-1-8(12(16)5-9)7-18-10-3-4-11(15)13(17)6-10/h1-6H,7,17H2. The smallest absolute Gasteiger partial charge is 0.121 e. The number of hydrogen-bond donors (Lipinski definition) is 1. The lowest BCUT2D eigenvalue weighted by molar-refractivity contribution is 0.306. The van der Waals surface area contributed by atoms with Crippen molar-refractivity contribution in [1.29, 1.82) is 0 Å². The molecule has 2 N–H and O–H groups in total. The van der Waals surface area contributed by atoms with Crippen LogP contribution in [-0.4, -0.2) is 0 Å². The van der Waals surface area contributed by atoms with E-state index in [1.165, 1.54) is 0 Å². The highest BCUT2D eigenvalue weighted by Gasteiger charge is 2.04. The molecule has 0 unspecified atom stereocenters. The molecular weight excluding hydrogens is 293 g/mol. The fourth-order valence-corrected chi connectivity index (χ4v) is 1.99. The summed E-state index contributed by atoms with van der Waals surface area (Å²) in [7, 11) is 0. The van der Waals surface area contributed by atoms with E-state index in [1.807, 2.05) is 6.07 Å². The van der Waals surface area contributed by atoms with Gasteiger partial charge in [-0.2, -0.15) is 0 Å².